The van der Waals surface area contributed by atoms with Crippen LogP contribution in [0.3, 0.4) is 0 Å². The van der Waals surface area contributed by atoms with Gasteiger partial charge in [0.05, 0.1) is 7.11 Å². The van der Waals surface area contributed by atoms with E-state index >= 15 is 0 Å². The number of anilines is 1. The second kappa shape index (κ2) is 6.12. The third kappa shape index (κ3) is 2.94. The topological polar surface area (TPSA) is 87.6 Å². The Kier molecular flexibility index (Phi) is 3.66. The van der Waals surface area contributed by atoms with E-state index in [1.54, 1.807) is 13.2 Å². The maximum absolute atomic E-state index is 6.00. The smallest absolute Gasteiger partial charge is 0.226 e. The second-order valence-corrected chi connectivity index (χ2v) is 5.31. The lowest BCUT2D eigenvalue weighted by molar-refractivity contribution is 0.415. The highest BCUT2D eigenvalue weighted by Crippen LogP contribution is 2.25. The number of hydrogen-bond donors (Lipinski definition) is 1. The van der Waals surface area contributed by atoms with Gasteiger partial charge in [-0.25, -0.2) is 4.98 Å². The molecule has 4 rings (SSSR count). The summed E-state index contributed by atoms with van der Waals surface area (Å²) in [4.78, 5) is 8.75. The van der Waals surface area contributed by atoms with Gasteiger partial charge in [-0.05, 0) is 24.3 Å². The number of rotatable bonds is 4. The lowest BCUT2D eigenvalue weighted by Gasteiger charge is -2.05. The Hall–Kier alpha value is -3.61. The number of benzene rings is 2. The summed E-state index contributed by atoms with van der Waals surface area (Å²) in [6.45, 7) is 0. The van der Waals surface area contributed by atoms with E-state index in [1.807, 2.05) is 54.6 Å². The fourth-order valence-electron chi connectivity index (χ4n) is 2.44. The van der Waals surface area contributed by atoms with Crippen LogP contribution < -0.4 is 15.2 Å². The van der Waals surface area contributed by atoms with Crippen molar-refractivity contribution in [2.24, 2.45) is 0 Å². The minimum absolute atomic E-state index is 0.199. The maximum Gasteiger partial charge on any atom is 0.226 e. The Labute approximate surface area is 143 Å². The van der Waals surface area contributed by atoms with Crippen LogP contribution in [0.5, 0.6) is 17.4 Å². The number of ether oxygens (including phenoxy) is 2. The SMILES string of the molecule is COc1cccc(-c2nc3cc(Oc4ccccc4)nc(N)n3n2)c1. The molecule has 2 N–H and O–H groups in total. The molecule has 2 aromatic heterocycles. The zero-order valence-corrected chi connectivity index (χ0v) is 13.5. The van der Waals surface area contributed by atoms with Crippen molar-refractivity contribution in [3.63, 3.8) is 0 Å². The highest BCUT2D eigenvalue weighted by atomic mass is 16.5. The molecule has 0 radical (unpaired) electrons. The van der Waals surface area contributed by atoms with Crippen LogP contribution in [0.15, 0.2) is 60.7 Å². The van der Waals surface area contributed by atoms with Crippen LogP contribution in [0, 0.1) is 0 Å². The van der Waals surface area contributed by atoms with Crippen molar-refractivity contribution in [1.82, 2.24) is 19.6 Å². The highest BCUT2D eigenvalue weighted by Gasteiger charge is 2.12. The van der Waals surface area contributed by atoms with Crippen LogP contribution in [0.4, 0.5) is 5.95 Å². The molecule has 0 fully saturated rings. The first-order valence-corrected chi connectivity index (χ1v) is 7.63. The summed E-state index contributed by atoms with van der Waals surface area (Å²) >= 11 is 0. The Balaban J connectivity index is 1.74. The Morgan fingerprint density at radius 2 is 1.72 bits per heavy atom. The molecule has 124 valence electrons. The molecule has 7 heteroatoms. The molecule has 0 unspecified atom stereocenters. The van der Waals surface area contributed by atoms with Gasteiger partial charge in [-0.3, -0.25) is 0 Å². The van der Waals surface area contributed by atoms with Gasteiger partial charge in [-0.1, -0.05) is 30.3 Å². The molecule has 0 aliphatic heterocycles. The molecular weight excluding hydrogens is 318 g/mol. The van der Waals surface area contributed by atoms with E-state index in [-0.39, 0.29) is 5.95 Å². The van der Waals surface area contributed by atoms with Crippen molar-refractivity contribution in [2.75, 3.05) is 12.8 Å². The van der Waals surface area contributed by atoms with E-state index in [9.17, 15) is 0 Å². The molecule has 0 aliphatic rings. The number of aromatic nitrogens is 4. The zero-order valence-electron chi connectivity index (χ0n) is 13.5. The van der Waals surface area contributed by atoms with E-state index < -0.39 is 0 Å². The fraction of sp³-hybridized carbons (Fsp3) is 0.0556. The number of hydrogen-bond acceptors (Lipinski definition) is 6. The summed E-state index contributed by atoms with van der Waals surface area (Å²) in [5.74, 6) is 2.50. The standard InChI is InChI=1S/C18H15N5O2/c1-24-14-9-5-6-12(10-14)17-20-15-11-16(21-18(19)23(15)22-17)25-13-7-3-2-4-8-13/h2-11H,1H3,(H2,19,21). The minimum atomic E-state index is 0.199. The van der Waals surface area contributed by atoms with Crippen LogP contribution in [0.25, 0.3) is 17.0 Å². The van der Waals surface area contributed by atoms with Crippen LogP contribution in [0.2, 0.25) is 0 Å². The van der Waals surface area contributed by atoms with E-state index in [4.69, 9.17) is 15.2 Å². The van der Waals surface area contributed by atoms with Crippen molar-refractivity contribution in [3.05, 3.63) is 60.7 Å². The largest absolute Gasteiger partial charge is 0.497 e. The molecule has 0 amide bonds. The normalized spacial score (nSPS) is 10.8. The van der Waals surface area contributed by atoms with Crippen molar-refractivity contribution in [1.29, 1.82) is 0 Å². The molecule has 0 atom stereocenters. The molecule has 4 aromatic rings. The summed E-state index contributed by atoms with van der Waals surface area (Å²) in [7, 11) is 1.62. The third-order valence-corrected chi connectivity index (χ3v) is 3.62. The minimum Gasteiger partial charge on any atom is -0.497 e. The van der Waals surface area contributed by atoms with Crippen LogP contribution in [-0.4, -0.2) is 26.7 Å². The monoisotopic (exact) mass is 333 g/mol. The van der Waals surface area contributed by atoms with Gasteiger partial charge in [0.25, 0.3) is 0 Å². The van der Waals surface area contributed by atoms with Crippen LogP contribution in [0.1, 0.15) is 0 Å². The Morgan fingerprint density at radius 3 is 2.52 bits per heavy atom. The number of nitrogen functional groups attached to an aromatic ring is 1. The van der Waals surface area contributed by atoms with E-state index in [2.05, 4.69) is 15.1 Å². The number of methoxy groups -OCH3 is 1. The van der Waals surface area contributed by atoms with Gasteiger partial charge < -0.3 is 15.2 Å². The van der Waals surface area contributed by atoms with E-state index in [0.717, 1.165) is 11.3 Å². The van der Waals surface area contributed by atoms with Gasteiger partial charge in [0.15, 0.2) is 11.5 Å². The lowest BCUT2D eigenvalue weighted by atomic mass is 10.2. The van der Waals surface area contributed by atoms with Crippen LogP contribution >= 0.6 is 0 Å². The first-order valence-electron chi connectivity index (χ1n) is 7.63. The molecule has 0 saturated heterocycles. The van der Waals surface area contributed by atoms with Gasteiger partial charge in [0.2, 0.25) is 11.8 Å². The van der Waals surface area contributed by atoms with Gasteiger partial charge in [0, 0.05) is 11.6 Å². The molecule has 25 heavy (non-hydrogen) atoms. The maximum atomic E-state index is 6.00. The van der Waals surface area contributed by atoms with Crippen molar-refractivity contribution >= 4 is 11.6 Å². The molecule has 0 spiro atoms. The quantitative estimate of drug-likeness (QED) is 0.617. The van der Waals surface area contributed by atoms with E-state index in [0.29, 0.717) is 23.1 Å². The number of nitrogens with two attached hydrogens (primary N) is 1. The predicted molar refractivity (Wildman–Crippen MR) is 93.7 cm³/mol. The summed E-state index contributed by atoms with van der Waals surface area (Å²) in [6, 6.07) is 18.6. The second-order valence-electron chi connectivity index (χ2n) is 5.31. The number of fused-ring (bicyclic) bond motifs is 1. The van der Waals surface area contributed by atoms with Gasteiger partial charge in [-0.2, -0.15) is 9.50 Å². The third-order valence-electron chi connectivity index (χ3n) is 3.62. The van der Waals surface area contributed by atoms with E-state index in [1.165, 1.54) is 4.52 Å². The van der Waals surface area contributed by atoms with Crippen molar-refractivity contribution in [2.45, 2.75) is 0 Å². The fourth-order valence-corrected chi connectivity index (χ4v) is 2.44. The number of nitrogens with zero attached hydrogens (tertiary/aromatic N) is 4. The van der Waals surface area contributed by atoms with Gasteiger partial charge in [0.1, 0.15) is 11.5 Å². The molecule has 0 aliphatic carbocycles. The van der Waals surface area contributed by atoms with Gasteiger partial charge >= 0.3 is 0 Å². The Morgan fingerprint density at radius 1 is 0.920 bits per heavy atom. The molecule has 2 aromatic carbocycles. The predicted octanol–water partition coefficient (Wildman–Crippen LogP) is 3.17. The summed E-state index contributed by atoms with van der Waals surface area (Å²) in [5.41, 5.74) is 7.38. The first kappa shape index (κ1) is 14.9. The average molecular weight is 333 g/mol. The summed E-state index contributed by atoms with van der Waals surface area (Å²) < 4.78 is 12.4. The lowest BCUT2D eigenvalue weighted by Crippen LogP contribution is -2.03. The zero-order chi connectivity index (χ0) is 17.2. The molecule has 2 heterocycles. The molecule has 0 saturated carbocycles. The first-order chi connectivity index (χ1) is 12.2. The Bertz CT molecular complexity index is 1030. The summed E-state index contributed by atoms with van der Waals surface area (Å²) in [5, 5.41) is 4.41. The van der Waals surface area contributed by atoms with Crippen molar-refractivity contribution < 1.29 is 9.47 Å². The average Bonchev–Trinajstić information content (AvgIpc) is 3.07. The highest BCUT2D eigenvalue weighted by molar-refractivity contribution is 5.61. The van der Waals surface area contributed by atoms with Gasteiger partial charge in [-0.15, -0.1) is 5.10 Å². The van der Waals surface area contributed by atoms with Crippen LogP contribution in [-0.2, 0) is 0 Å². The summed E-state index contributed by atoms with van der Waals surface area (Å²) in [6.07, 6.45) is 0. The number of para-hydroxylation sites is 1. The molecule has 7 nitrogen and oxygen atoms in total. The molecule has 0 bridgehead atoms. The van der Waals surface area contributed by atoms with Crippen molar-refractivity contribution in [3.8, 4) is 28.8 Å². The molecular formula is C18H15N5O2.